The van der Waals surface area contributed by atoms with Crippen molar-refractivity contribution < 1.29 is 14.7 Å². The topological polar surface area (TPSA) is 82.5 Å². The lowest BCUT2D eigenvalue weighted by Crippen LogP contribution is -2.44. The summed E-state index contributed by atoms with van der Waals surface area (Å²) in [6, 6.07) is -0.608. The summed E-state index contributed by atoms with van der Waals surface area (Å²) < 4.78 is 0. The summed E-state index contributed by atoms with van der Waals surface area (Å²) in [6.45, 7) is 8.07. The SMILES string of the molecule is Cc1nc(C)c(C(C)NC(=O)N2CCC(C(=O)O)C2C)s1. The summed E-state index contributed by atoms with van der Waals surface area (Å²) in [4.78, 5) is 30.5. The molecule has 2 N–H and O–H groups in total. The normalized spacial score (nSPS) is 23.1. The summed E-state index contributed by atoms with van der Waals surface area (Å²) in [5, 5.41) is 13.0. The van der Waals surface area contributed by atoms with Crippen LogP contribution >= 0.6 is 11.3 Å². The number of rotatable bonds is 3. The van der Waals surface area contributed by atoms with Crippen molar-refractivity contribution in [1.82, 2.24) is 15.2 Å². The third-order valence-electron chi connectivity index (χ3n) is 4.01. The molecule has 6 nitrogen and oxygen atoms in total. The van der Waals surface area contributed by atoms with Gasteiger partial charge in [-0.1, -0.05) is 0 Å². The molecule has 1 aliphatic rings. The molecule has 21 heavy (non-hydrogen) atoms. The molecule has 3 unspecified atom stereocenters. The molecule has 1 aliphatic heterocycles. The maximum absolute atomic E-state index is 12.3. The Balaban J connectivity index is 2.02. The highest BCUT2D eigenvalue weighted by atomic mass is 32.1. The van der Waals surface area contributed by atoms with Crippen molar-refractivity contribution >= 4 is 23.3 Å². The smallest absolute Gasteiger partial charge is 0.318 e. The maximum Gasteiger partial charge on any atom is 0.318 e. The predicted molar refractivity (Wildman–Crippen MR) is 80.4 cm³/mol. The Morgan fingerprint density at radius 3 is 2.62 bits per heavy atom. The average Bonchev–Trinajstić information content (AvgIpc) is 2.92. The van der Waals surface area contributed by atoms with Crippen LogP contribution in [0.4, 0.5) is 4.79 Å². The molecule has 1 aromatic rings. The average molecular weight is 311 g/mol. The van der Waals surface area contributed by atoms with Crippen molar-refractivity contribution in [3.05, 3.63) is 15.6 Å². The molecule has 0 aromatic carbocycles. The first kappa shape index (κ1) is 15.8. The number of carboxylic acids is 1. The van der Waals surface area contributed by atoms with Crippen molar-refractivity contribution in [3.63, 3.8) is 0 Å². The zero-order valence-electron chi connectivity index (χ0n) is 12.7. The number of hydrogen-bond donors (Lipinski definition) is 2. The van der Waals surface area contributed by atoms with Crippen LogP contribution in [0.15, 0.2) is 0 Å². The van der Waals surface area contributed by atoms with Crippen LogP contribution in [0.1, 0.15) is 41.9 Å². The molecule has 0 spiro atoms. The second-order valence-electron chi connectivity index (χ2n) is 5.52. The Bertz CT molecular complexity index is 558. The van der Waals surface area contributed by atoms with Crippen molar-refractivity contribution in [1.29, 1.82) is 0 Å². The highest BCUT2D eigenvalue weighted by Crippen LogP contribution is 2.27. The molecule has 0 aliphatic carbocycles. The molecular weight excluding hydrogens is 290 g/mol. The number of aromatic nitrogens is 1. The lowest BCUT2D eigenvalue weighted by molar-refractivity contribution is -0.142. The van der Waals surface area contributed by atoms with E-state index in [4.69, 9.17) is 5.11 Å². The number of likely N-dealkylation sites (tertiary alicyclic amines) is 1. The van der Waals surface area contributed by atoms with Gasteiger partial charge < -0.3 is 15.3 Å². The van der Waals surface area contributed by atoms with Gasteiger partial charge in [-0.05, 0) is 34.1 Å². The number of aliphatic carboxylic acids is 1. The van der Waals surface area contributed by atoms with Crippen LogP contribution in [0.3, 0.4) is 0 Å². The fourth-order valence-electron chi connectivity index (χ4n) is 2.84. The van der Waals surface area contributed by atoms with Gasteiger partial charge in [0.25, 0.3) is 0 Å². The van der Waals surface area contributed by atoms with Gasteiger partial charge in [-0.15, -0.1) is 11.3 Å². The number of urea groups is 1. The van der Waals surface area contributed by atoms with Crippen molar-refractivity contribution in [2.45, 2.75) is 46.2 Å². The third kappa shape index (κ3) is 3.18. The number of nitrogens with zero attached hydrogens (tertiary/aromatic N) is 2. The summed E-state index contributed by atoms with van der Waals surface area (Å²) in [5.74, 6) is -1.31. The van der Waals surface area contributed by atoms with E-state index in [2.05, 4.69) is 10.3 Å². The second-order valence-corrected chi connectivity index (χ2v) is 6.76. The van der Waals surface area contributed by atoms with E-state index in [0.717, 1.165) is 15.6 Å². The molecule has 3 atom stereocenters. The van der Waals surface area contributed by atoms with Crippen molar-refractivity contribution in [3.8, 4) is 0 Å². The second kappa shape index (κ2) is 6.01. The van der Waals surface area contributed by atoms with E-state index < -0.39 is 11.9 Å². The number of nitrogens with one attached hydrogen (secondary N) is 1. The largest absolute Gasteiger partial charge is 0.481 e. The lowest BCUT2D eigenvalue weighted by Gasteiger charge is -2.25. The Morgan fingerprint density at radius 1 is 1.48 bits per heavy atom. The number of carbonyl (C=O) groups excluding carboxylic acids is 1. The first-order valence-corrected chi connectivity index (χ1v) is 7.86. The monoisotopic (exact) mass is 311 g/mol. The summed E-state index contributed by atoms with van der Waals surface area (Å²) in [6.07, 6.45) is 0.511. The molecule has 0 bridgehead atoms. The number of carbonyl (C=O) groups is 2. The number of amides is 2. The van der Waals surface area contributed by atoms with Gasteiger partial charge in [-0.2, -0.15) is 0 Å². The molecule has 116 valence electrons. The molecule has 2 heterocycles. The quantitative estimate of drug-likeness (QED) is 0.897. The van der Waals surface area contributed by atoms with Gasteiger partial charge in [0.1, 0.15) is 0 Å². The van der Waals surface area contributed by atoms with Gasteiger partial charge in [0.2, 0.25) is 0 Å². The Labute approximate surface area is 128 Å². The Morgan fingerprint density at radius 2 is 2.14 bits per heavy atom. The van der Waals surface area contributed by atoms with Crippen molar-refractivity contribution in [2.24, 2.45) is 5.92 Å². The minimum atomic E-state index is -0.834. The molecule has 0 saturated carbocycles. The molecule has 2 rings (SSSR count). The highest BCUT2D eigenvalue weighted by molar-refractivity contribution is 7.11. The lowest BCUT2D eigenvalue weighted by atomic mass is 10.0. The number of thiazole rings is 1. The molecule has 7 heteroatoms. The van der Waals surface area contributed by atoms with Crippen LogP contribution in [0, 0.1) is 19.8 Å². The first-order valence-electron chi connectivity index (χ1n) is 7.05. The van der Waals surface area contributed by atoms with Crippen LogP contribution in [0.5, 0.6) is 0 Å². The van der Waals surface area contributed by atoms with Gasteiger partial charge in [0, 0.05) is 17.5 Å². The molecule has 2 amide bonds. The molecule has 1 aromatic heterocycles. The molecule has 0 radical (unpaired) electrons. The van der Waals surface area contributed by atoms with Crippen LogP contribution in [0.25, 0.3) is 0 Å². The van der Waals surface area contributed by atoms with Gasteiger partial charge in [0.05, 0.1) is 22.7 Å². The van der Waals surface area contributed by atoms with Crippen molar-refractivity contribution in [2.75, 3.05) is 6.54 Å². The van der Waals surface area contributed by atoms with Gasteiger partial charge in [-0.3, -0.25) is 4.79 Å². The van der Waals surface area contributed by atoms with Crippen LogP contribution in [0.2, 0.25) is 0 Å². The van der Waals surface area contributed by atoms with E-state index in [0.29, 0.717) is 13.0 Å². The zero-order valence-corrected chi connectivity index (χ0v) is 13.5. The van der Waals surface area contributed by atoms with E-state index in [1.54, 1.807) is 23.2 Å². The number of carboxylic acid groups (broad SMARTS) is 1. The summed E-state index contributed by atoms with van der Waals surface area (Å²) >= 11 is 1.57. The van der Waals surface area contributed by atoms with Crippen LogP contribution in [-0.4, -0.2) is 39.6 Å². The van der Waals surface area contributed by atoms with Crippen LogP contribution in [-0.2, 0) is 4.79 Å². The Kier molecular flexibility index (Phi) is 4.51. The van der Waals surface area contributed by atoms with E-state index >= 15 is 0 Å². The van der Waals surface area contributed by atoms with Crippen LogP contribution < -0.4 is 5.32 Å². The van der Waals surface area contributed by atoms with Gasteiger partial charge in [0.15, 0.2) is 0 Å². The fourth-order valence-corrected chi connectivity index (χ4v) is 3.77. The molecular formula is C14H21N3O3S. The number of aryl methyl sites for hydroxylation is 2. The van der Waals surface area contributed by atoms with Gasteiger partial charge >= 0.3 is 12.0 Å². The zero-order chi connectivity index (χ0) is 15.7. The standard InChI is InChI=1S/C14H21N3O3S/c1-7-12(21-10(4)15-7)8(2)16-14(20)17-6-5-11(9(17)3)13(18)19/h8-9,11H,5-6H2,1-4H3,(H,16,20)(H,18,19). The fraction of sp³-hybridized carbons (Fsp3) is 0.643. The van der Waals surface area contributed by atoms with E-state index in [1.807, 2.05) is 20.8 Å². The van der Waals surface area contributed by atoms with E-state index in [-0.39, 0.29) is 18.1 Å². The summed E-state index contributed by atoms with van der Waals surface area (Å²) in [7, 11) is 0. The molecule has 1 fully saturated rings. The predicted octanol–water partition coefficient (Wildman–Crippen LogP) is 2.33. The minimum absolute atomic E-state index is 0.125. The molecule has 1 saturated heterocycles. The summed E-state index contributed by atoms with van der Waals surface area (Å²) in [5.41, 5.74) is 0.934. The van der Waals surface area contributed by atoms with E-state index in [1.165, 1.54) is 0 Å². The third-order valence-corrected chi connectivity index (χ3v) is 5.26. The number of hydrogen-bond acceptors (Lipinski definition) is 4. The highest BCUT2D eigenvalue weighted by Gasteiger charge is 2.38. The first-order chi connectivity index (χ1) is 9.81. The maximum atomic E-state index is 12.3. The minimum Gasteiger partial charge on any atom is -0.481 e. The Hall–Kier alpha value is -1.63. The van der Waals surface area contributed by atoms with E-state index in [9.17, 15) is 9.59 Å². The van der Waals surface area contributed by atoms with Gasteiger partial charge in [-0.25, -0.2) is 9.78 Å².